The van der Waals surface area contributed by atoms with Crippen LogP contribution in [0.1, 0.15) is 25.8 Å². The van der Waals surface area contributed by atoms with E-state index in [1.165, 1.54) is 4.31 Å². The number of methoxy groups -OCH3 is 1. The molecule has 0 fully saturated rings. The predicted octanol–water partition coefficient (Wildman–Crippen LogP) is 1.62. The minimum Gasteiger partial charge on any atom is -0.383 e. The zero-order chi connectivity index (χ0) is 15.9. The fourth-order valence-corrected chi connectivity index (χ4v) is 3.78. The molecule has 0 bridgehead atoms. The lowest BCUT2D eigenvalue weighted by Gasteiger charge is -2.27. The molecule has 1 aromatic rings. The number of nitrogens with two attached hydrogens (primary N) is 1. The summed E-state index contributed by atoms with van der Waals surface area (Å²) in [4.78, 5) is 0.319. The molecule has 1 aromatic carbocycles. The van der Waals surface area contributed by atoms with Crippen LogP contribution in [0.5, 0.6) is 0 Å². The first-order chi connectivity index (χ1) is 9.97. The van der Waals surface area contributed by atoms with Gasteiger partial charge in [-0.15, -0.1) is 0 Å². The lowest BCUT2D eigenvalue weighted by Crippen LogP contribution is -2.40. The second kappa shape index (κ2) is 8.48. The van der Waals surface area contributed by atoms with Crippen molar-refractivity contribution in [1.82, 2.24) is 4.31 Å². The summed E-state index contributed by atoms with van der Waals surface area (Å²) in [6.45, 7) is 5.19. The normalized spacial score (nSPS) is 13.6. The maximum absolute atomic E-state index is 12.8. The van der Waals surface area contributed by atoms with Crippen molar-refractivity contribution in [3.8, 4) is 0 Å². The van der Waals surface area contributed by atoms with Gasteiger partial charge in [0.05, 0.1) is 11.5 Å². The Morgan fingerprint density at radius 1 is 1.29 bits per heavy atom. The van der Waals surface area contributed by atoms with Gasteiger partial charge in [-0.2, -0.15) is 4.31 Å². The van der Waals surface area contributed by atoms with Crippen LogP contribution >= 0.6 is 0 Å². The molecule has 0 amide bonds. The van der Waals surface area contributed by atoms with Gasteiger partial charge in [-0.1, -0.05) is 19.1 Å². The number of rotatable bonds is 9. The zero-order valence-corrected chi connectivity index (χ0v) is 13.9. The number of ether oxygens (including phenoxy) is 1. The molecule has 120 valence electrons. The third-order valence-electron chi connectivity index (χ3n) is 3.56. The first-order valence-corrected chi connectivity index (χ1v) is 8.71. The van der Waals surface area contributed by atoms with E-state index in [2.05, 4.69) is 0 Å². The first kappa shape index (κ1) is 18.1. The van der Waals surface area contributed by atoms with Crippen molar-refractivity contribution in [1.29, 1.82) is 0 Å². The second-order valence-corrected chi connectivity index (χ2v) is 6.94. The highest BCUT2D eigenvalue weighted by Gasteiger charge is 2.27. The van der Waals surface area contributed by atoms with Crippen LogP contribution in [0.2, 0.25) is 0 Å². The molecule has 0 saturated heterocycles. The molecule has 0 aromatic heterocycles. The average Bonchev–Trinajstić information content (AvgIpc) is 2.48. The maximum Gasteiger partial charge on any atom is 0.243 e. The van der Waals surface area contributed by atoms with Gasteiger partial charge in [-0.05, 0) is 44.0 Å². The Labute approximate surface area is 128 Å². The minimum absolute atomic E-state index is 0.0612. The molecule has 5 nitrogen and oxygen atoms in total. The summed E-state index contributed by atoms with van der Waals surface area (Å²) in [5.41, 5.74) is 6.55. The Morgan fingerprint density at radius 3 is 2.38 bits per heavy atom. The van der Waals surface area contributed by atoms with Crippen molar-refractivity contribution in [2.45, 2.75) is 37.6 Å². The van der Waals surface area contributed by atoms with Crippen LogP contribution in [0.3, 0.4) is 0 Å². The standard InChI is InChI=1S/C15H26N2O3S/c1-4-13(2)17(11-12-20-3)21(18,19)15-7-5-14(6-8-15)9-10-16/h5-8,13H,4,9-12,16H2,1-3H3. The van der Waals surface area contributed by atoms with Gasteiger partial charge in [-0.25, -0.2) is 8.42 Å². The summed E-state index contributed by atoms with van der Waals surface area (Å²) in [5.74, 6) is 0. The van der Waals surface area contributed by atoms with E-state index in [0.29, 0.717) is 24.6 Å². The van der Waals surface area contributed by atoms with Crippen molar-refractivity contribution >= 4 is 10.0 Å². The summed E-state index contributed by atoms with van der Waals surface area (Å²) in [5, 5.41) is 0. The SMILES string of the molecule is CCC(C)N(CCOC)S(=O)(=O)c1ccc(CCN)cc1. The smallest absolute Gasteiger partial charge is 0.243 e. The van der Waals surface area contributed by atoms with Crippen molar-refractivity contribution < 1.29 is 13.2 Å². The molecule has 0 aliphatic rings. The van der Waals surface area contributed by atoms with Gasteiger partial charge in [0.15, 0.2) is 0 Å². The molecule has 0 saturated carbocycles. The Bertz CT molecular complexity index is 514. The lowest BCUT2D eigenvalue weighted by atomic mass is 10.2. The summed E-state index contributed by atoms with van der Waals surface area (Å²) in [6, 6.07) is 6.90. The molecule has 2 N–H and O–H groups in total. The Kier molecular flexibility index (Phi) is 7.31. The van der Waals surface area contributed by atoms with Crippen LogP contribution in [0.15, 0.2) is 29.2 Å². The first-order valence-electron chi connectivity index (χ1n) is 7.27. The molecule has 0 radical (unpaired) electrons. The third kappa shape index (κ3) is 4.78. The van der Waals surface area contributed by atoms with Crippen LogP contribution in [0.4, 0.5) is 0 Å². The monoisotopic (exact) mass is 314 g/mol. The molecule has 1 rings (SSSR count). The highest BCUT2D eigenvalue weighted by Crippen LogP contribution is 2.20. The number of sulfonamides is 1. The van der Waals surface area contributed by atoms with E-state index in [4.69, 9.17) is 10.5 Å². The van der Waals surface area contributed by atoms with Crippen LogP contribution in [-0.4, -0.2) is 45.6 Å². The molecule has 21 heavy (non-hydrogen) atoms. The van der Waals surface area contributed by atoms with E-state index in [9.17, 15) is 8.42 Å². The van der Waals surface area contributed by atoms with Crippen molar-refractivity contribution in [2.24, 2.45) is 5.73 Å². The Hall–Kier alpha value is -0.950. The van der Waals surface area contributed by atoms with Crippen LogP contribution < -0.4 is 5.73 Å². The van der Waals surface area contributed by atoms with E-state index >= 15 is 0 Å². The molecule has 1 atom stereocenters. The van der Waals surface area contributed by atoms with E-state index in [-0.39, 0.29) is 6.04 Å². The van der Waals surface area contributed by atoms with Gasteiger partial charge in [0.1, 0.15) is 0 Å². The van der Waals surface area contributed by atoms with Gasteiger partial charge >= 0.3 is 0 Å². The maximum atomic E-state index is 12.8. The lowest BCUT2D eigenvalue weighted by molar-refractivity contribution is 0.167. The van der Waals surface area contributed by atoms with Crippen LogP contribution in [0, 0.1) is 0 Å². The van der Waals surface area contributed by atoms with Crippen molar-refractivity contribution in [2.75, 3.05) is 26.8 Å². The van der Waals surface area contributed by atoms with E-state index in [0.717, 1.165) is 18.4 Å². The van der Waals surface area contributed by atoms with Gasteiger partial charge < -0.3 is 10.5 Å². The highest BCUT2D eigenvalue weighted by atomic mass is 32.2. The van der Waals surface area contributed by atoms with Gasteiger partial charge in [0.25, 0.3) is 0 Å². The van der Waals surface area contributed by atoms with E-state index in [1.54, 1.807) is 19.2 Å². The third-order valence-corrected chi connectivity index (χ3v) is 5.59. The molecular formula is C15H26N2O3S. The zero-order valence-electron chi connectivity index (χ0n) is 13.1. The number of nitrogens with zero attached hydrogens (tertiary/aromatic N) is 1. The number of benzene rings is 1. The summed E-state index contributed by atoms with van der Waals surface area (Å²) >= 11 is 0. The number of hydrogen-bond donors (Lipinski definition) is 1. The molecule has 0 aliphatic carbocycles. The minimum atomic E-state index is -3.49. The molecule has 6 heteroatoms. The summed E-state index contributed by atoms with van der Waals surface area (Å²) < 4.78 is 32.0. The topological polar surface area (TPSA) is 72.6 Å². The fraction of sp³-hybridized carbons (Fsp3) is 0.600. The van der Waals surface area contributed by atoms with Gasteiger partial charge in [-0.3, -0.25) is 0 Å². The second-order valence-electron chi connectivity index (χ2n) is 5.05. The van der Waals surface area contributed by atoms with Gasteiger partial charge in [0.2, 0.25) is 10.0 Å². The Morgan fingerprint density at radius 2 is 1.90 bits per heavy atom. The predicted molar refractivity (Wildman–Crippen MR) is 84.7 cm³/mol. The van der Waals surface area contributed by atoms with Crippen molar-refractivity contribution in [3.05, 3.63) is 29.8 Å². The quantitative estimate of drug-likeness (QED) is 0.752. The molecule has 0 heterocycles. The summed E-state index contributed by atoms with van der Waals surface area (Å²) in [6.07, 6.45) is 1.51. The molecule has 1 unspecified atom stereocenters. The highest BCUT2D eigenvalue weighted by molar-refractivity contribution is 7.89. The molecular weight excluding hydrogens is 288 g/mol. The van der Waals surface area contributed by atoms with E-state index < -0.39 is 10.0 Å². The number of hydrogen-bond acceptors (Lipinski definition) is 4. The summed E-state index contributed by atoms with van der Waals surface area (Å²) in [7, 11) is -1.92. The van der Waals surface area contributed by atoms with E-state index in [1.807, 2.05) is 26.0 Å². The van der Waals surface area contributed by atoms with Crippen molar-refractivity contribution in [3.63, 3.8) is 0 Å². The van der Waals surface area contributed by atoms with Crippen LogP contribution in [-0.2, 0) is 21.2 Å². The Balaban J connectivity index is 3.03. The van der Waals surface area contributed by atoms with Crippen LogP contribution in [0.25, 0.3) is 0 Å². The fourth-order valence-electron chi connectivity index (χ4n) is 2.09. The average molecular weight is 314 g/mol. The molecule has 0 spiro atoms. The largest absolute Gasteiger partial charge is 0.383 e. The molecule has 0 aliphatic heterocycles. The van der Waals surface area contributed by atoms with Gasteiger partial charge in [0, 0.05) is 19.7 Å².